The molecule has 8 heteroatoms. The number of nitrogens with zero attached hydrogens (tertiary/aromatic N) is 5. The van der Waals surface area contributed by atoms with Crippen molar-refractivity contribution in [2.24, 2.45) is 0 Å². The number of carbonyl (C=O) groups excluding carboxylic acids is 1. The Hall–Kier alpha value is -3.16. The predicted molar refractivity (Wildman–Crippen MR) is 90.9 cm³/mol. The van der Waals surface area contributed by atoms with Gasteiger partial charge in [0.2, 0.25) is 11.8 Å². The van der Waals surface area contributed by atoms with Crippen LogP contribution in [0.1, 0.15) is 16.2 Å². The van der Waals surface area contributed by atoms with E-state index in [-0.39, 0.29) is 11.8 Å². The number of hydrogen-bond acceptors (Lipinski definition) is 7. The third-order valence-corrected chi connectivity index (χ3v) is 3.57. The van der Waals surface area contributed by atoms with Gasteiger partial charge < -0.3 is 15.4 Å². The monoisotopic (exact) mass is 326 g/mol. The lowest BCUT2D eigenvalue weighted by atomic mass is 10.2. The van der Waals surface area contributed by atoms with Gasteiger partial charge in [0.15, 0.2) is 17.0 Å². The lowest BCUT2D eigenvalue weighted by molar-refractivity contribution is 0.0582. The maximum absolute atomic E-state index is 12.2. The van der Waals surface area contributed by atoms with E-state index >= 15 is 0 Å². The van der Waals surface area contributed by atoms with Crippen LogP contribution in [0.15, 0.2) is 30.3 Å². The highest BCUT2D eigenvalue weighted by Crippen LogP contribution is 2.25. The van der Waals surface area contributed by atoms with Gasteiger partial charge in [-0.2, -0.15) is 9.97 Å². The summed E-state index contributed by atoms with van der Waals surface area (Å²) in [5, 5.41) is 0. The average Bonchev–Trinajstić information content (AvgIpc) is 2.92. The van der Waals surface area contributed by atoms with Crippen LogP contribution in [-0.2, 0) is 11.3 Å². The van der Waals surface area contributed by atoms with Crippen LogP contribution in [0.3, 0.4) is 0 Å². The minimum Gasteiger partial charge on any atom is -0.463 e. The molecule has 0 radical (unpaired) electrons. The lowest BCUT2D eigenvalue weighted by Crippen LogP contribution is -2.14. The molecule has 8 nitrogen and oxygen atoms in total. The van der Waals surface area contributed by atoms with Crippen LogP contribution in [-0.4, -0.2) is 46.7 Å². The van der Waals surface area contributed by atoms with E-state index in [2.05, 4.69) is 15.0 Å². The van der Waals surface area contributed by atoms with Crippen LogP contribution >= 0.6 is 0 Å². The summed E-state index contributed by atoms with van der Waals surface area (Å²) in [6, 6.07) is 9.72. The number of anilines is 2. The van der Waals surface area contributed by atoms with E-state index in [1.165, 1.54) is 7.11 Å². The second-order valence-corrected chi connectivity index (χ2v) is 5.47. The number of benzene rings is 1. The molecule has 2 aromatic heterocycles. The summed E-state index contributed by atoms with van der Waals surface area (Å²) in [7, 11) is 4.98. The number of ether oxygens (including phenoxy) is 1. The van der Waals surface area contributed by atoms with Crippen molar-refractivity contribution in [2.45, 2.75) is 6.54 Å². The molecule has 0 amide bonds. The zero-order valence-corrected chi connectivity index (χ0v) is 13.7. The van der Waals surface area contributed by atoms with E-state index in [4.69, 9.17) is 10.5 Å². The fourth-order valence-electron chi connectivity index (χ4n) is 2.48. The van der Waals surface area contributed by atoms with E-state index in [1.807, 2.05) is 44.4 Å². The summed E-state index contributed by atoms with van der Waals surface area (Å²) in [5.41, 5.74) is 7.84. The minimum atomic E-state index is -0.535. The Morgan fingerprint density at radius 3 is 2.54 bits per heavy atom. The number of aromatic nitrogens is 4. The molecule has 24 heavy (non-hydrogen) atoms. The maximum atomic E-state index is 12.2. The highest BCUT2D eigenvalue weighted by atomic mass is 16.5. The first-order valence-electron chi connectivity index (χ1n) is 7.34. The largest absolute Gasteiger partial charge is 0.463 e. The molecule has 0 bridgehead atoms. The second kappa shape index (κ2) is 6.15. The smallest absolute Gasteiger partial charge is 0.374 e. The molecule has 2 heterocycles. The maximum Gasteiger partial charge on any atom is 0.374 e. The number of carbonyl (C=O) groups is 1. The van der Waals surface area contributed by atoms with Crippen molar-refractivity contribution in [3.05, 3.63) is 41.7 Å². The molecule has 3 aromatic rings. The van der Waals surface area contributed by atoms with Crippen LogP contribution in [0.5, 0.6) is 0 Å². The third kappa shape index (κ3) is 2.73. The molecule has 2 N–H and O–H groups in total. The molecule has 1 aromatic carbocycles. The standard InChI is InChI=1S/C16H18N6O2/c1-21(2)12-11-13(20-16(17)19-12)22(14(18-11)15(23)24-3)9-10-7-5-4-6-8-10/h4-8H,9H2,1-3H3,(H2,17,19,20). The molecule has 0 aliphatic rings. The number of methoxy groups -OCH3 is 1. The molecule has 124 valence electrons. The van der Waals surface area contributed by atoms with Gasteiger partial charge in [0.25, 0.3) is 0 Å². The minimum absolute atomic E-state index is 0.122. The molecule has 0 saturated heterocycles. The fraction of sp³-hybridized carbons (Fsp3) is 0.250. The predicted octanol–water partition coefficient (Wildman–Crippen LogP) is 1.31. The van der Waals surface area contributed by atoms with Gasteiger partial charge in [-0.3, -0.25) is 4.57 Å². The first-order chi connectivity index (χ1) is 11.5. The van der Waals surface area contributed by atoms with Crippen molar-refractivity contribution in [3.63, 3.8) is 0 Å². The summed E-state index contributed by atoms with van der Waals surface area (Å²) >= 11 is 0. The van der Waals surface area contributed by atoms with Crippen molar-refractivity contribution in [1.82, 2.24) is 19.5 Å². The van der Waals surface area contributed by atoms with Gasteiger partial charge in [0, 0.05) is 14.1 Å². The third-order valence-electron chi connectivity index (χ3n) is 3.57. The topological polar surface area (TPSA) is 99.2 Å². The van der Waals surface area contributed by atoms with Crippen molar-refractivity contribution in [3.8, 4) is 0 Å². The Balaban J connectivity index is 2.26. The summed E-state index contributed by atoms with van der Waals surface area (Å²) in [6.07, 6.45) is 0. The van der Waals surface area contributed by atoms with Crippen LogP contribution in [0.25, 0.3) is 11.2 Å². The van der Waals surface area contributed by atoms with Gasteiger partial charge in [-0.05, 0) is 5.56 Å². The van der Waals surface area contributed by atoms with Gasteiger partial charge in [-0.1, -0.05) is 30.3 Å². The van der Waals surface area contributed by atoms with Crippen LogP contribution in [0, 0.1) is 0 Å². The molecule has 0 saturated carbocycles. The zero-order valence-electron chi connectivity index (χ0n) is 13.7. The molecule has 0 unspecified atom stereocenters. The Bertz CT molecular complexity index is 888. The molecule has 3 rings (SSSR count). The van der Waals surface area contributed by atoms with Gasteiger partial charge in [-0.25, -0.2) is 9.78 Å². The van der Waals surface area contributed by atoms with Gasteiger partial charge in [-0.15, -0.1) is 0 Å². The first kappa shape index (κ1) is 15.7. The van der Waals surface area contributed by atoms with Crippen molar-refractivity contribution >= 4 is 28.9 Å². The zero-order chi connectivity index (χ0) is 17.3. The molecular weight excluding hydrogens is 308 g/mol. The van der Waals surface area contributed by atoms with E-state index in [0.29, 0.717) is 23.5 Å². The Morgan fingerprint density at radius 1 is 1.21 bits per heavy atom. The number of hydrogen-bond donors (Lipinski definition) is 1. The summed E-state index contributed by atoms with van der Waals surface area (Å²) in [5.74, 6) is 0.304. The number of nitrogen functional groups attached to an aromatic ring is 1. The van der Waals surface area contributed by atoms with Gasteiger partial charge in [0.05, 0.1) is 13.7 Å². The van der Waals surface area contributed by atoms with Crippen molar-refractivity contribution < 1.29 is 9.53 Å². The number of fused-ring (bicyclic) bond motifs is 1. The summed E-state index contributed by atoms with van der Waals surface area (Å²) in [6.45, 7) is 0.422. The lowest BCUT2D eigenvalue weighted by Gasteiger charge is -2.12. The van der Waals surface area contributed by atoms with Gasteiger partial charge in [0.1, 0.15) is 0 Å². The summed E-state index contributed by atoms with van der Waals surface area (Å²) in [4.78, 5) is 26.8. The highest BCUT2D eigenvalue weighted by molar-refractivity contribution is 5.93. The van der Waals surface area contributed by atoms with E-state index in [1.54, 1.807) is 9.47 Å². The number of esters is 1. The number of nitrogens with two attached hydrogens (primary N) is 1. The number of rotatable bonds is 4. The summed E-state index contributed by atoms with van der Waals surface area (Å²) < 4.78 is 6.56. The number of imidazole rings is 1. The second-order valence-electron chi connectivity index (χ2n) is 5.47. The van der Waals surface area contributed by atoms with Crippen LogP contribution in [0.4, 0.5) is 11.8 Å². The van der Waals surface area contributed by atoms with Crippen molar-refractivity contribution in [1.29, 1.82) is 0 Å². The van der Waals surface area contributed by atoms with E-state index in [0.717, 1.165) is 5.56 Å². The van der Waals surface area contributed by atoms with E-state index in [9.17, 15) is 4.79 Å². The molecule has 0 spiro atoms. The molecule has 0 aliphatic carbocycles. The highest BCUT2D eigenvalue weighted by Gasteiger charge is 2.23. The molecule has 0 fully saturated rings. The quantitative estimate of drug-likeness (QED) is 0.722. The molecular formula is C16H18N6O2. The van der Waals surface area contributed by atoms with Crippen LogP contribution < -0.4 is 10.6 Å². The molecule has 0 atom stereocenters. The first-order valence-corrected chi connectivity index (χ1v) is 7.34. The normalized spacial score (nSPS) is 10.8. The van der Waals surface area contributed by atoms with E-state index < -0.39 is 5.97 Å². The Kier molecular flexibility index (Phi) is 4.03. The Labute approximate surface area is 138 Å². The average molecular weight is 326 g/mol. The van der Waals surface area contributed by atoms with Gasteiger partial charge >= 0.3 is 5.97 Å². The van der Waals surface area contributed by atoms with Crippen LogP contribution in [0.2, 0.25) is 0 Å². The SMILES string of the molecule is COC(=O)c1nc2c(N(C)C)nc(N)nc2n1Cc1ccccc1. The Morgan fingerprint density at radius 2 is 1.92 bits per heavy atom. The fourth-order valence-corrected chi connectivity index (χ4v) is 2.48. The van der Waals surface area contributed by atoms with Crippen molar-refractivity contribution in [2.75, 3.05) is 31.8 Å². The molecule has 0 aliphatic heterocycles.